The van der Waals surface area contributed by atoms with Crippen molar-refractivity contribution < 1.29 is 14.5 Å². The highest BCUT2D eigenvalue weighted by Gasteiger charge is 2.13. The van der Waals surface area contributed by atoms with E-state index in [9.17, 15) is 14.9 Å². The summed E-state index contributed by atoms with van der Waals surface area (Å²) >= 11 is 3.42. The van der Waals surface area contributed by atoms with Crippen LogP contribution in [-0.2, 0) is 11.2 Å². The summed E-state index contributed by atoms with van der Waals surface area (Å²) in [6, 6.07) is 11.4. The van der Waals surface area contributed by atoms with Crippen LogP contribution in [0, 0.1) is 10.1 Å². The van der Waals surface area contributed by atoms with Gasteiger partial charge in [-0.2, -0.15) is 0 Å². The number of ether oxygens (including phenoxy) is 1. The molecular formula is C17H17BrN2O4. The van der Waals surface area contributed by atoms with Crippen LogP contribution >= 0.6 is 15.9 Å². The normalized spacial score (nSPS) is 11.6. The molecule has 0 spiro atoms. The third-order valence-electron chi connectivity index (χ3n) is 3.57. The van der Waals surface area contributed by atoms with Crippen molar-refractivity contribution in [3.05, 3.63) is 68.2 Å². The molecule has 0 radical (unpaired) electrons. The average Bonchev–Trinajstić information content (AvgIpc) is 2.55. The number of methoxy groups -OCH3 is 1. The first-order valence-electron chi connectivity index (χ1n) is 7.27. The van der Waals surface area contributed by atoms with Gasteiger partial charge in [-0.15, -0.1) is 0 Å². The Morgan fingerprint density at radius 3 is 2.50 bits per heavy atom. The van der Waals surface area contributed by atoms with Gasteiger partial charge in [0.1, 0.15) is 5.75 Å². The molecule has 0 bridgehead atoms. The highest BCUT2D eigenvalue weighted by Crippen LogP contribution is 2.28. The summed E-state index contributed by atoms with van der Waals surface area (Å²) in [6.45, 7) is 1.89. The minimum absolute atomic E-state index is 0.00982. The van der Waals surface area contributed by atoms with Crippen molar-refractivity contribution in [2.75, 3.05) is 7.11 Å². The van der Waals surface area contributed by atoms with Crippen molar-refractivity contribution in [1.29, 1.82) is 0 Å². The molecule has 126 valence electrons. The molecule has 0 heterocycles. The number of non-ortho nitro benzene ring substituents is 1. The molecule has 1 N–H and O–H groups in total. The van der Waals surface area contributed by atoms with E-state index in [1.165, 1.54) is 12.1 Å². The van der Waals surface area contributed by atoms with Gasteiger partial charge < -0.3 is 10.1 Å². The number of nitrogens with zero attached hydrogens (tertiary/aromatic N) is 1. The molecule has 2 aromatic rings. The van der Waals surface area contributed by atoms with Crippen LogP contribution in [0.5, 0.6) is 5.75 Å². The SMILES string of the molecule is COc1ccc([C@@H](C)NC(=O)Cc2ccc([N+](=O)[O-])cc2)cc1Br. The fourth-order valence-electron chi connectivity index (χ4n) is 2.25. The fourth-order valence-corrected chi connectivity index (χ4v) is 2.81. The minimum atomic E-state index is -0.465. The van der Waals surface area contributed by atoms with Gasteiger partial charge in [0.25, 0.3) is 5.69 Å². The molecule has 0 aliphatic rings. The molecule has 0 aliphatic heterocycles. The van der Waals surface area contributed by atoms with Crippen LogP contribution in [0.25, 0.3) is 0 Å². The van der Waals surface area contributed by atoms with E-state index in [-0.39, 0.29) is 24.1 Å². The lowest BCUT2D eigenvalue weighted by Crippen LogP contribution is -2.28. The van der Waals surface area contributed by atoms with E-state index in [0.29, 0.717) is 0 Å². The van der Waals surface area contributed by atoms with Crippen LogP contribution in [0.15, 0.2) is 46.9 Å². The molecule has 1 atom stereocenters. The second-order valence-electron chi connectivity index (χ2n) is 5.28. The number of nitro groups is 1. The first-order chi connectivity index (χ1) is 11.4. The molecule has 6 nitrogen and oxygen atoms in total. The van der Waals surface area contributed by atoms with Gasteiger partial charge in [-0.05, 0) is 46.1 Å². The summed E-state index contributed by atoms with van der Waals surface area (Å²) in [5.74, 6) is 0.575. The Bertz CT molecular complexity index is 747. The van der Waals surface area contributed by atoms with Crippen molar-refractivity contribution in [1.82, 2.24) is 5.32 Å². The predicted octanol–water partition coefficient (Wildman–Crippen LogP) is 3.79. The minimum Gasteiger partial charge on any atom is -0.496 e. The highest BCUT2D eigenvalue weighted by atomic mass is 79.9. The monoisotopic (exact) mass is 392 g/mol. The molecule has 7 heteroatoms. The number of hydrogen-bond donors (Lipinski definition) is 1. The number of carbonyl (C=O) groups is 1. The van der Waals surface area contributed by atoms with Gasteiger partial charge >= 0.3 is 0 Å². The van der Waals surface area contributed by atoms with Gasteiger partial charge in [0.15, 0.2) is 0 Å². The predicted molar refractivity (Wildman–Crippen MR) is 94.1 cm³/mol. The lowest BCUT2D eigenvalue weighted by atomic mass is 10.1. The Balaban J connectivity index is 1.98. The van der Waals surface area contributed by atoms with E-state index < -0.39 is 4.92 Å². The van der Waals surface area contributed by atoms with E-state index in [1.807, 2.05) is 25.1 Å². The Morgan fingerprint density at radius 2 is 1.96 bits per heavy atom. The Hall–Kier alpha value is -2.41. The molecule has 0 saturated carbocycles. The molecule has 0 saturated heterocycles. The summed E-state index contributed by atoms with van der Waals surface area (Å²) in [4.78, 5) is 22.3. The Morgan fingerprint density at radius 1 is 1.29 bits per heavy atom. The van der Waals surface area contributed by atoms with E-state index in [2.05, 4.69) is 21.2 Å². The van der Waals surface area contributed by atoms with Crippen LogP contribution in [-0.4, -0.2) is 17.9 Å². The van der Waals surface area contributed by atoms with Crippen LogP contribution in [0.3, 0.4) is 0 Å². The average molecular weight is 393 g/mol. The first-order valence-corrected chi connectivity index (χ1v) is 8.06. The summed E-state index contributed by atoms with van der Waals surface area (Å²) in [5.41, 5.74) is 1.68. The van der Waals surface area contributed by atoms with Crippen LogP contribution in [0.2, 0.25) is 0 Å². The Kier molecular flexibility index (Phi) is 5.92. The molecular weight excluding hydrogens is 376 g/mol. The summed E-state index contributed by atoms with van der Waals surface area (Å²) in [7, 11) is 1.59. The maximum Gasteiger partial charge on any atom is 0.269 e. The van der Waals surface area contributed by atoms with Crippen LogP contribution in [0.1, 0.15) is 24.1 Å². The highest BCUT2D eigenvalue weighted by molar-refractivity contribution is 9.10. The largest absolute Gasteiger partial charge is 0.496 e. The van der Waals surface area contributed by atoms with Crippen LogP contribution in [0.4, 0.5) is 5.69 Å². The van der Waals surface area contributed by atoms with Crippen LogP contribution < -0.4 is 10.1 Å². The van der Waals surface area contributed by atoms with E-state index >= 15 is 0 Å². The molecule has 1 amide bonds. The van der Waals surface area contributed by atoms with Gasteiger partial charge in [-0.3, -0.25) is 14.9 Å². The van der Waals surface area contributed by atoms with E-state index in [1.54, 1.807) is 19.2 Å². The zero-order valence-electron chi connectivity index (χ0n) is 13.3. The maximum absolute atomic E-state index is 12.1. The third kappa shape index (κ3) is 4.55. The van der Waals surface area contributed by atoms with Crippen molar-refractivity contribution in [2.45, 2.75) is 19.4 Å². The quantitative estimate of drug-likeness (QED) is 0.598. The van der Waals surface area contributed by atoms with E-state index in [0.717, 1.165) is 21.3 Å². The lowest BCUT2D eigenvalue weighted by molar-refractivity contribution is -0.384. The number of carbonyl (C=O) groups excluding carboxylic acids is 1. The molecule has 24 heavy (non-hydrogen) atoms. The third-order valence-corrected chi connectivity index (χ3v) is 4.18. The molecule has 2 rings (SSSR count). The van der Waals surface area contributed by atoms with Gasteiger partial charge in [0.05, 0.1) is 29.0 Å². The number of nitrogens with one attached hydrogen (secondary N) is 1. The smallest absolute Gasteiger partial charge is 0.269 e. The van der Waals surface area contributed by atoms with Gasteiger partial charge in [0, 0.05) is 12.1 Å². The number of hydrogen-bond acceptors (Lipinski definition) is 4. The van der Waals surface area contributed by atoms with Gasteiger partial charge in [-0.1, -0.05) is 18.2 Å². The summed E-state index contributed by atoms with van der Waals surface area (Å²) in [5, 5.41) is 13.5. The molecule has 0 aliphatic carbocycles. The van der Waals surface area contributed by atoms with Crippen molar-refractivity contribution in [2.24, 2.45) is 0 Å². The van der Waals surface area contributed by atoms with Crippen molar-refractivity contribution in [3.8, 4) is 5.75 Å². The standard InChI is InChI=1S/C17H17BrN2O4/c1-11(13-5-8-16(24-2)15(18)10-13)19-17(21)9-12-3-6-14(7-4-12)20(22)23/h3-8,10-11H,9H2,1-2H3,(H,19,21)/t11-/m1/s1. The molecule has 0 unspecified atom stereocenters. The maximum atomic E-state index is 12.1. The summed E-state index contributed by atoms with van der Waals surface area (Å²) in [6.07, 6.45) is 0.166. The zero-order valence-corrected chi connectivity index (χ0v) is 14.9. The number of halogens is 1. The van der Waals surface area contributed by atoms with Crippen molar-refractivity contribution >= 4 is 27.5 Å². The number of nitro benzene ring substituents is 1. The molecule has 0 fully saturated rings. The molecule has 2 aromatic carbocycles. The van der Waals surface area contributed by atoms with E-state index in [4.69, 9.17) is 4.74 Å². The topological polar surface area (TPSA) is 81.5 Å². The number of benzene rings is 2. The lowest BCUT2D eigenvalue weighted by Gasteiger charge is -2.15. The zero-order chi connectivity index (χ0) is 17.7. The Labute approximate surface area is 148 Å². The first kappa shape index (κ1) is 17.9. The fraction of sp³-hybridized carbons (Fsp3) is 0.235. The van der Waals surface area contributed by atoms with Gasteiger partial charge in [0.2, 0.25) is 5.91 Å². The van der Waals surface area contributed by atoms with Crippen molar-refractivity contribution in [3.63, 3.8) is 0 Å². The number of rotatable bonds is 6. The van der Waals surface area contributed by atoms with Gasteiger partial charge in [-0.25, -0.2) is 0 Å². The molecule has 0 aromatic heterocycles. The summed E-state index contributed by atoms with van der Waals surface area (Å²) < 4.78 is 6.00. The second-order valence-corrected chi connectivity index (χ2v) is 6.14. The second kappa shape index (κ2) is 7.92. The number of amides is 1.